The average Bonchev–Trinajstić information content (AvgIpc) is 3.50. The van der Waals surface area contributed by atoms with Gasteiger partial charge in [0, 0.05) is 17.2 Å². The van der Waals surface area contributed by atoms with Gasteiger partial charge >= 0.3 is 0 Å². The van der Waals surface area contributed by atoms with Crippen molar-refractivity contribution in [2.24, 2.45) is 10.7 Å². The number of nitrogens with zero attached hydrogens (tertiary/aromatic N) is 5. The van der Waals surface area contributed by atoms with E-state index in [4.69, 9.17) is 10.5 Å². The second-order valence-corrected chi connectivity index (χ2v) is 8.37. The quantitative estimate of drug-likeness (QED) is 0.267. The number of aromatic amines is 1. The summed E-state index contributed by atoms with van der Waals surface area (Å²) in [5, 5.41) is 8.19. The third kappa shape index (κ3) is 5.03. The summed E-state index contributed by atoms with van der Waals surface area (Å²) < 4.78 is 20.5. The zero-order valence-electron chi connectivity index (χ0n) is 19.3. The number of halogens is 1. The van der Waals surface area contributed by atoms with E-state index in [0.717, 1.165) is 33.7 Å². The molecule has 0 radical (unpaired) electrons. The van der Waals surface area contributed by atoms with Crippen molar-refractivity contribution >= 4 is 16.9 Å². The maximum absolute atomic E-state index is 13.1. The van der Waals surface area contributed by atoms with Crippen LogP contribution in [0, 0.1) is 5.82 Å². The lowest BCUT2D eigenvalue weighted by Gasteiger charge is -2.04. The smallest absolute Gasteiger partial charge is 0.138 e. The molecule has 0 spiro atoms. The van der Waals surface area contributed by atoms with Crippen molar-refractivity contribution in [3.8, 4) is 22.8 Å². The molecule has 176 valence electrons. The van der Waals surface area contributed by atoms with E-state index in [-0.39, 0.29) is 18.5 Å². The SMILES string of the molecule is CC(C)N=C(N)c1ccc2nc(-c3ccc(OCc4cn(-c5ccc(F)cc5)nn4)cc3)[nH]c2c1. The Bertz CT molecular complexity index is 1480. The highest BCUT2D eigenvalue weighted by atomic mass is 19.1. The predicted octanol–water partition coefficient (Wildman–Crippen LogP) is 4.64. The monoisotopic (exact) mass is 469 g/mol. The van der Waals surface area contributed by atoms with Crippen LogP contribution in [0.5, 0.6) is 5.75 Å². The minimum absolute atomic E-state index is 0.130. The first kappa shape index (κ1) is 22.3. The van der Waals surface area contributed by atoms with E-state index in [1.165, 1.54) is 12.1 Å². The highest BCUT2D eigenvalue weighted by molar-refractivity contribution is 6.00. The zero-order valence-corrected chi connectivity index (χ0v) is 19.3. The van der Waals surface area contributed by atoms with E-state index in [1.807, 2.05) is 56.3 Å². The Hall–Kier alpha value is -4.53. The molecule has 5 rings (SSSR count). The van der Waals surface area contributed by atoms with Crippen LogP contribution < -0.4 is 10.5 Å². The van der Waals surface area contributed by atoms with Gasteiger partial charge in [0.05, 0.1) is 22.9 Å². The Morgan fingerprint density at radius 3 is 2.60 bits per heavy atom. The summed E-state index contributed by atoms with van der Waals surface area (Å²) >= 11 is 0. The molecule has 3 N–H and O–H groups in total. The summed E-state index contributed by atoms with van der Waals surface area (Å²) in [5.41, 5.74) is 11.0. The van der Waals surface area contributed by atoms with Crippen LogP contribution in [0.3, 0.4) is 0 Å². The molecule has 0 atom stereocenters. The van der Waals surface area contributed by atoms with E-state index in [0.29, 0.717) is 17.3 Å². The number of hydrogen-bond acceptors (Lipinski definition) is 5. The first-order valence-electron chi connectivity index (χ1n) is 11.2. The maximum atomic E-state index is 13.1. The minimum atomic E-state index is -0.297. The Morgan fingerprint density at radius 2 is 1.86 bits per heavy atom. The number of benzene rings is 3. The fourth-order valence-corrected chi connectivity index (χ4v) is 3.61. The molecule has 0 saturated heterocycles. The lowest BCUT2D eigenvalue weighted by atomic mass is 10.2. The van der Waals surface area contributed by atoms with Gasteiger partial charge in [0.1, 0.15) is 35.5 Å². The molecule has 8 nitrogen and oxygen atoms in total. The van der Waals surface area contributed by atoms with Gasteiger partial charge in [-0.3, -0.25) is 4.99 Å². The standard InChI is InChI=1S/C26H24FN7O/c1-16(2)29-25(28)18-5-12-23-24(13-18)31-26(30-23)17-3-10-22(11-4-17)35-15-20-14-34(33-32-20)21-8-6-19(27)7-9-21/h3-14,16H,15H2,1-2H3,(H2,28,29)(H,30,31). The highest BCUT2D eigenvalue weighted by Gasteiger charge is 2.09. The van der Waals surface area contributed by atoms with E-state index in [1.54, 1.807) is 23.0 Å². The van der Waals surface area contributed by atoms with E-state index >= 15 is 0 Å². The molecule has 0 amide bonds. The van der Waals surface area contributed by atoms with Gasteiger partial charge in [0.2, 0.25) is 0 Å². The van der Waals surface area contributed by atoms with Crippen LogP contribution in [0.2, 0.25) is 0 Å². The molecule has 0 fully saturated rings. The van der Waals surface area contributed by atoms with E-state index in [9.17, 15) is 4.39 Å². The van der Waals surface area contributed by atoms with Crippen molar-refractivity contribution in [2.75, 3.05) is 0 Å². The summed E-state index contributed by atoms with van der Waals surface area (Å²) in [4.78, 5) is 12.4. The van der Waals surface area contributed by atoms with Gasteiger partial charge in [-0.15, -0.1) is 5.10 Å². The Labute approximate surface area is 201 Å². The van der Waals surface area contributed by atoms with Gasteiger partial charge < -0.3 is 15.5 Å². The summed E-state index contributed by atoms with van der Waals surface area (Å²) in [6.07, 6.45) is 1.75. The van der Waals surface area contributed by atoms with Gasteiger partial charge in [-0.05, 0) is 80.6 Å². The van der Waals surface area contributed by atoms with Gasteiger partial charge in [-0.2, -0.15) is 0 Å². The number of rotatable bonds is 7. The number of nitrogens with one attached hydrogen (secondary N) is 1. The molecule has 9 heteroatoms. The zero-order chi connectivity index (χ0) is 24.4. The Morgan fingerprint density at radius 1 is 1.09 bits per heavy atom. The maximum Gasteiger partial charge on any atom is 0.138 e. The molecule has 0 aliphatic carbocycles. The van der Waals surface area contributed by atoms with Crippen LogP contribution in [-0.4, -0.2) is 36.8 Å². The lowest BCUT2D eigenvalue weighted by Crippen LogP contribution is -2.15. The molecular weight excluding hydrogens is 445 g/mol. The third-order valence-corrected chi connectivity index (χ3v) is 5.32. The molecule has 5 aromatic rings. The summed E-state index contributed by atoms with van der Waals surface area (Å²) in [6, 6.07) is 19.6. The van der Waals surface area contributed by atoms with Crippen LogP contribution in [-0.2, 0) is 6.61 Å². The molecule has 35 heavy (non-hydrogen) atoms. The Kier molecular flexibility index (Phi) is 5.97. The van der Waals surface area contributed by atoms with Crippen molar-refractivity contribution in [2.45, 2.75) is 26.5 Å². The molecular formula is C26H24FN7O. The third-order valence-electron chi connectivity index (χ3n) is 5.32. The number of imidazole rings is 1. The average molecular weight is 470 g/mol. The molecule has 0 bridgehead atoms. The summed E-state index contributed by atoms with van der Waals surface area (Å²) in [7, 11) is 0. The number of nitrogens with two attached hydrogens (primary N) is 1. The number of aliphatic imine (C=N–C) groups is 1. The summed E-state index contributed by atoms with van der Waals surface area (Å²) in [5.74, 6) is 1.66. The minimum Gasteiger partial charge on any atom is -0.487 e. The van der Waals surface area contributed by atoms with Crippen molar-refractivity contribution in [1.82, 2.24) is 25.0 Å². The second kappa shape index (κ2) is 9.38. The fraction of sp³-hybridized carbons (Fsp3) is 0.154. The van der Waals surface area contributed by atoms with Crippen molar-refractivity contribution in [1.29, 1.82) is 0 Å². The van der Waals surface area contributed by atoms with Crippen LogP contribution in [0.25, 0.3) is 28.1 Å². The summed E-state index contributed by atoms with van der Waals surface area (Å²) in [6.45, 7) is 4.24. The lowest BCUT2D eigenvalue weighted by molar-refractivity contribution is 0.301. The van der Waals surface area contributed by atoms with Crippen molar-refractivity contribution in [3.63, 3.8) is 0 Å². The van der Waals surface area contributed by atoms with Crippen LogP contribution in [0.15, 0.2) is 77.9 Å². The topological polar surface area (TPSA) is 107 Å². The van der Waals surface area contributed by atoms with Gasteiger partial charge in [0.15, 0.2) is 0 Å². The first-order chi connectivity index (χ1) is 16.9. The molecule has 0 unspecified atom stereocenters. The number of ether oxygens (including phenoxy) is 1. The molecule has 2 aromatic heterocycles. The van der Waals surface area contributed by atoms with E-state index in [2.05, 4.69) is 25.3 Å². The Balaban J connectivity index is 1.26. The number of H-pyrrole nitrogens is 1. The molecule has 0 aliphatic rings. The number of fused-ring (bicyclic) bond motifs is 1. The number of amidine groups is 1. The van der Waals surface area contributed by atoms with E-state index < -0.39 is 0 Å². The first-order valence-corrected chi connectivity index (χ1v) is 11.2. The second-order valence-electron chi connectivity index (χ2n) is 8.37. The van der Waals surface area contributed by atoms with Crippen molar-refractivity contribution < 1.29 is 9.13 Å². The number of hydrogen-bond donors (Lipinski definition) is 2. The van der Waals surface area contributed by atoms with Crippen LogP contribution in [0.4, 0.5) is 4.39 Å². The molecule has 0 saturated carbocycles. The molecule has 3 aromatic carbocycles. The van der Waals surface area contributed by atoms with Gasteiger partial charge in [-0.25, -0.2) is 14.1 Å². The van der Waals surface area contributed by atoms with Gasteiger partial charge in [0.25, 0.3) is 0 Å². The van der Waals surface area contributed by atoms with Crippen molar-refractivity contribution in [3.05, 3.63) is 90.0 Å². The fourth-order valence-electron chi connectivity index (χ4n) is 3.61. The highest BCUT2D eigenvalue weighted by Crippen LogP contribution is 2.24. The van der Waals surface area contributed by atoms with Gasteiger partial charge in [-0.1, -0.05) is 5.21 Å². The van der Waals surface area contributed by atoms with Crippen LogP contribution in [0.1, 0.15) is 25.1 Å². The predicted molar refractivity (Wildman–Crippen MR) is 133 cm³/mol. The largest absolute Gasteiger partial charge is 0.487 e. The molecule has 0 aliphatic heterocycles. The normalized spacial score (nSPS) is 11.9. The van der Waals surface area contributed by atoms with Crippen LogP contribution >= 0.6 is 0 Å². The molecule has 2 heterocycles. The number of aromatic nitrogens is 5.